The van der Waals surface area contributed by atoms with Crippen LogP contribution in [-0.2, 0) is 4.79 Å². The summed E-state index contributed by atoms with van der Waals surface area (Å²) in [6.07, 6.45) is 0. The van der Waals surface area contributed by atoms with Gasteiger partial charge in [-0.15, -0.1) is 0 Å². The highest BCUT2D eigenvalue weighted by Crippen LogP contribution is 2.18. The van der Waals surface area contributed by atoms with Crippen molar-refractivity contribution >= 4 is 5.78 Å². The molecule has 0 fully saturated rings. The van der Waals surface area contributed by atoms with Crippen LogP contribution in [0, 0.1) is 17.1 Å². The minimum absolute atomic E-state index is 0.150. The van der Waals surface area contributed by atoms with Gasteiger partial charge in [0.2, 0.25) is 0 Å². The van der Waals surface area contributed by atoms with Crippen molar-refractivity contribution in [2.45, 2.75) is 12.8 Å². The molecule has 66 valence electrons. The van der Waals surface area contributed by atoms with Gasteiger partial charge < -0.3 is 0 Å². The second-order valence-electron chi connectivity index (χ2n) is 2.69. The molecule has 1 rings (SSSR count). The van der Waals surface area contributed by atoms with Gasteiger partial charge in [-0.2, -0.15) is 5.26 Å². The molecule has 0 bridgehead atoms. The van der Waals surface area contributed by atoms with Gasteiger partial charge in [0, 0.05) is 5.56 Å². The van der Waals surface area contributed by atoms with E-state index in [4.69, 9.17) is 5.26 Å². The monoisotopic (exact) mass is 177 g/mol. The molecule has 13 heavy (non-hydrogen) atoms. The molecule has 0 aliphatic heterocycles. The van der Waals surface area contributed by atoms with Crippen molar-refractivity contribution in [2.24, 2.45) is 0 Å². The van der Waals surface area contributed by atoms with E-state index in [2.05, 4.69) is 0 Å². The molecule has 1 aromatic carbocycles. The van der Waals surface area contributed by atoms with Crippen molar-refractivity contribution in [3.05, 3.63) is 35.6 Å². The average Bonchev–Trinajstić information content (AvgIpc) is 2.09. The summed E-state index contributed by atoms with van der Waals surface area (Å²) in [6.45, 7) is 1.28. The number of benzene rings is 1. The molecule has 0 aliphatic rings. The maximum atomic E-state index is 13.1. The first-order valence-electron chi connectivity index (χ1n) is 3.81. The van der Waals surface area contributed by atoms with E-state index < -0.39 is 11.7 Å². The Kier molecular flexibility index (Phi) is 2.76. The van der Waals surface area contributed by atoms with Crippen LogP contribution in [0.25, 0.3) is 0 Å². The van der Waals surface area contributed by atoms with E-state index in [-0.39, 0.29) is 11.3 Å². The highest BCUT2D eigenvalue weighted by Gasteiger charge is 2.18. The Morgan fingerprint density at radius 3 is 2.62 bits per heavy atom. The fraction of sp³-hybridized carbons (Fsp3) is 0.200. The molecule has 0 saturated heterocycles. The maximum absolute atomic E-state index is 13.1. The quantitative estimate of drug-likeness (QED) is 0.693. The number of carbonyl (C=O) groups excluding carboxylic acids is 1. The van der Waals surface area contributed by atoms with Gasteiger partial charge in [-0.3, -0.25) is 4.79 Å². The molecule has 0 aliphatic carbocycles. The minimum atomic E-state index is -0.985. The minimum Gasteiger partial charge on any atom is -0.298 e. The van der Waals surface area contributed by atoms with Crippen LogP contribution in [0.4, 0.5) is 4.39 Å². The molecule has 0 unspecified atom stereocenters. The summed E-state index contributed by atoms with van der Waals surface area (Å²) in [5.41, 5.74) is 0.150. The lowest BCUT2D eigenvalue weighted by molar-refractivity contribution is -0.117. The van der Waals surface area contributed by atoms with E-state index >= 15 is 0 Å². The third-order valence-electron chi connectivity index (χ3n) is 1.75. The zero-order valence-corrected chi connectivity index (χ0v) is 7.12. The van der Waals surface area contributed by atoms with E-state index in [9.17, 15) is 9.18 Å². The molecule has 3 heteroatoms. The van der Waals surface area contributed by atoms with Crippen LogP contribution in [0.5, 0.6) is 0 Å². The smallest absolute Gasteiger partial charge is 0.151 e. The lowest BCUT2D eigenvalue weighted by Gasteiger charge is -2.05. The molecule has 0 saturated carbocycles. The van der Waals surface area contributed by atoms with Gasteiger partial charge in [-0.1, -0.05) is 18.2 Å². The maximum Gasteiger partial charge on any atom is 0.151 e. The summed E-state index contributed by atoms with van der Waals surface area (Å²) >= 11 is 0. The highest BCUT2D eigenvalue weighted by molar-refractivity contribution is 5.86. The molecular weight excluding hydrogens is 169 g/mol. The summed E-state index contributed by atoms with van der Waals surface area (Å²) in [7, 11) is 0. The molecule has 0 amide bonds. The molecule has 0 heterocycles. The Hall–Kier alpha value is -1.69. The number of halogens is 1. The van der Waals surface area contributed by atoms with Crippen LogP contribution in [0.3, 0.4) is 0 Å². The van der Waals surface area contributed by atoms with Crippen molar-refractivity contribution < 1.29 is 9.18 Å². The second kappa shape index (κ2) is 3.81. The van der Waals surface area contributed by atoms with Gasteiger partial charge in [0.1, 0.15) is 11.7 Å². The van der Waals surface area contributed by atoms with Crippen LogP contribution in [0.15, 0.2) is 24.3 Å². The zero-order chi connectivity index (χ0) is 9.84. The lowest BCUT2D eigenvalue weighted by atomic mass is 9.97. The number of hydrogen-bond acceptors (Lipinski definition) is 2. The molecule has 1 aromatic rings. The number of hydrogen-bond donors (Lipinski definition) is 0. The lowest BCUT2D eigenvalue weighted by Crippen LogP contribution is -2.08. The molecule has 2 nitrogen and oxygen atoms in total. The number of carbonyl (C=O) groups is 1. The van der Waals surface area contributed by atoms with Gasteiger partial charge in [0.25, 0.3) is 0 Å². The first-order valence-corrected chi connectivity index (χ1v) is 3.81. The van der Waals surface area contributed by atoms with Crippen LogP contribution in [-0.4, -0.2) is 5.78 Å². The fourth-order valence-electron chi connectivity index (χ4n) is 1.09. The van der Waals surface area contributed by atoms with E-state index in [0.29, 0.717) is 0 Å². The Morgan fingerprint density at radius 1 is 1.54 bits per heavy atom. The van der Waals surface area contributed by atoms with Crippen molar-refractivity contribution in [2.75, 3.05) is 0 Å². The Labute approximate surface area is 75.6 Å². The Bertz CT molecular complexity index is 367. The van der Waals surface area contributed by atoms with Crippen molar-refractivity contribution in [3.63, 3.8) is 0 Å². The van der Waals surface area contributed by atoms with Crippen LogP contribution in [0.2, 0.25) is 0 Å². The van der Waals surface area contributed by atoms with E-state index in [1.807, 2.05) is 0 Å². The summed E-state index contributed by atoms with van der Waals surface area (Å²) in [5, 5.41) is 8.64. The summed E-state index contributed by atoms with van der Waals surface area (Å²) in [5.74, 6) is -1.84. The Balaban J connectivity index is 3.14. The van der Waals surface area contributed by atoms with Crippen molar-refractivity contribution in [3.8, 4) is 6.07 Å². The largest absolute Gasteiger partial charge is 0.298 e. The molecule has 0 N–H and O–H groups in total. The zero-order valence-electron chi connectivity index (χ0n) is 7.12. The molecule has 0 radical (unpaired) electrons. The second-order valence-corrected chi connectivity index (χ2v) is 2.69. The van der Waals surface area contributed by atoms with Gasteiger partial charge >= 0.3 is 0 Å². The first-order chi connectivity index (χ1) is 6.16. The van der Waals surface area contributed by atoms with Crippen LogP contribution in [0.1, 0.15) is 18.4 Å². The Morgan fingerprint density at radius 2 is 2.15 bits per heavy atom. The van der Waals surface area contributed by atoms with Crippen molar-refractivity contribution in [1.29, 1.82) is 5.26 Å². The summed E-state index contributed by atoms with van der Waals surface area (Å²) in [6, 6.07) is 7.58. The average molecular weight is 177 g/mol. The fourth-order valence-corrected chi connectivity index (χ4v) is 1.09. The standard InChI is InChI=1S/C10H8FNO/c1-7(13)9(6-12)8-4-2-3-5-10(8)11/h2-5,9H,1H3/t9-/m1/s1. The van der Waals surface area contributed by atoms with Gasteiger partial charge in [0.15, 0.2) is 5.78 Å². The molecule has 1 atom stereocenters. The number of Topliss-reactive ketones (excluding diaryl/α,β-unsaturated/α-hetero) is 1. The van der Waals surface area contributed by atoms with Crippen LogP contribution < -0.4 is 0 Å². The predicted molar refractivity (Wildman–Crippen MR) is 45.4 cm³/mol. The normalized spacial score (nSPS) is 11.8. The third kappa shape index (κ3) is 1.91. The topological polar surface area (TPSA) is 40.9 Å². The molecule has 0 spiro atoms. The number of rotatable bonds is 2. The van der Waals surface area contributed by atoms with Gasteiger partial charge in [0.05, 0.1) is 6.07 Å². The van der Waals surface area contributed by atoms with Crippen LogP contribution >= 0.6 is 0 Å². The summed E-state index contributed by atoms with van der Waals surface area (Å²) < 4.78 is 13.1. The predicted octanol–water partition coefficient (Wildman–Crippen LogP) is 2.02. The van der Waals surface area contributed by atoms with Gasteiger partial charge in [-0.05, 0) is 13.0 Å². The first kappa shape index (κ1) is 9.40. The number of ketones is 1. The third-order valence-corrected chi connectivity index (χ3v) is 1.75. The van der Waals surface area contributed by atoms with Gasteiger partial charge in [-0.25, -0.2) is 4.39 Å². The van der Waals surface area contributed by atoms with E-state index in [1.165, 1.54) is 25.1 Å². The summed E-state index contributed by atoms with van der Waals surface area (Å²) in [4.78, 5) is 10.9. The van der Waals surface area contributed by atoms with E-state index in [0.717, 1.165) is 0 Å². The van der Waals surface area contributed by atoms with Crippen molar-refractivity contribution in [1.82, 2.24) is 0 Å². The number of nitrogens with zero attached hydrogens (tertiary/aromatic N) is 1. The highest BCUT2D eigenvalue weighted by atomic mass is 19.1. The number of nitriles is 1. The molecule has 0 aromatic heterocycles. The SMILES string of the molecule is CC(=O)[C@@H](C#N)c1ccccc1F. The van der Waals surface area contributed by atoms with E-state index in [1.54, 1.807) is 12.1 Å². The molecular formula is C10H8FNO.